The van der Waals surface area contributed by atoms with Crippen molar-refractivity contribution in [2.24, 2.45) is 0 Å². The molecule has 1 rings (SSSR count). The number of carbonyl (C=O) groups is 1. The van der Waals surface area contributed by atoms with E-state index in [1.54, 1.807) is 0 Å². The van der Waals surface area contributed by atoms with Crippen molar-refractivity contribution in [3.05, 3.63) is 21.2 Å². The third-order valence-corrected chi connectivity index (χ3v) is 7.15. The molecule has 0 radical (unpaired) electrons. The molecule has 2 N–H and O–H groups in total. The van der Waals surface area contributed by atoms with Crippen LogP contribution in [-0.2, 0) is 12.8 Å². The van der Waals surface area contributed by atoms with Gasteiger partial charge >= 0.3 is 6.16 Å². The largest absolute Gasteiger partial charge is 0.511 e. The molecular weight excluding hydrogens is 459 g/mol. The van der Waals surface area contributed by atoms with Gasteiger partial charge in [-0.3, -0.25) is 0 Å². The Morgan fingerprint density at radius 3 is 1.48 bits per heavy atom. The number of benzene rings is 1. The van der Waals surface area contributed by atoms with E-state index in [2.05, 4.69) is 13.8 Å². The highest BCUT2D eigenvalue weighted by molar-refractivity contribution is 6.43. The van der Waals surface area contributed by atoms with Crippen LogP contribution >= 0.6 is 23.2 Å². The van der Waals surface area contributed by atoms with E-state index in [-0.39, 0.29) is 16.5 Å². The molecule has 0 unspecified atom stereocenters. The first-order chi connectivity index (χ1) is 15.9. The summed E-state index contributed by atoms with van der Waals surface area (Å²) in [7, 11) is 0. The highest BCUT2D eigenvalue weighted by atomic mass is 35.5. The van der Waals surface area contributed by atoms with Crippen molar-refractivity contribution < 1.29 is 19.7 Å². The van der Waals surface area contributed by atoms with Gasteiger partial charge in [-0.25, -0.2) is 4.79 Å². The Balaban J connectivity index is 2.74. The Bertz CT molecular complexity index is 691. The molecule has 190 valence electrons. The van der Waals surface area contributed by atoms with Gasteiger partial charge in [0, 0.05) is 5.56 Å². The molecule has 0 amide bonds. The highest BCUT2D eigenvalue weighted by Crippen LogP contribution is 2.46. The molecule has 0 heterocycles. The van der Waals surface area contributed by atoms with Crippen LogP contribution in [0.5, 0.6) is 11.5 Å². The molecule has 0 aliphatic heterocycles. The predicted octanol–water partition coefficient (Wildman–Crippen LogP) is 10.1. The number of rotatable bonds is 19. The summed E-state index contributed by atoms with van der Waals surface area (Å²) in [4.78, 5) is 11.1. The zero-order valence-corrected chi connectivity index (χ0v) is 22.2. The number of carboxylic acid groups (broad SMARTS) is 1. The van der Waals surface area contributed by atoms with E-state index >= 15 is 0 Å². The maximum Gasteiger partial charge on any atom is 0.511 e. The lowest BCUT2D eigenvalue weighted by Gasteiger charge is -2.18. The maximum absolute atomic E-state index is 11.1. The molecule has 0 saturated carbocycles. The van der Waals surface area contributed by atoms with Gasteiger partial charge in [0.15, 0.2) is 11.5 Å². The van der Waals surface area contributed by atoms with E-state index in [0.29, 0.717) is 17.0 Å². The van der Waals surface area contributed by atoms with Crippen LogP contribution in [0.15, 0.2) is 0 Å². The van der Waals surface area contributed by atoms with Gasteiger partial charge in [-0.2, -0.15) is 0 Å². The fraction of sp³-hybridized carbons (Fsp3) is 0.741. The Morgan fingerprint density at radius 1 is 0.667 bits per heavy atom. The highest BCUT2D eigenvalue weighted by Gasteiger charge is 2.24. The Kier molecular flexibility index (Phi) is 16.5. The monoisotopic (exact) mass is 502 g/mol. The summed E-state index contributed by atoms with van der Waals surface area (Å²) < 4.78 is 4.77. The van der Waals surface area contributed by atoms with Crippen molar-refractivity contribution in [1.29, 1.82) is 0 Å². The summed E-state index contributed by atoms with van der Waals surface area (Å²) >= 11 is 12.8. The number of hydrogen-bond acceptors (Lipinski definition) is 3. The second-order valence-electron chi connectivity index (χ2n) is 9.08. The van der Waals surface area contributed by atoms with Crippen LogP contribution < -0.4 is 4.74 Å². The van der Waals surface area contributed by atoms with Gasteiger partial charge in [-0.1, -0.05) is 127 Å². The van der Waals surface area contributed by atoms with E-state index in [9.17, 15) is 9.90 Å². The van der Waals surface area contributed by atoms with E-state index < -0.39 is 6.16 Å². The number of ether oxygens (including phenoxy) is 1. The van der Waals surface area contributed by atoms with Crippen LogP contribution in [0.4, 0.5) is 4.79 Å². The number of halogens is 2. The van der Waals surface area contributed by atoms with E-state index in [4.69, 9.17) is 33.0 Å². The topological polar surface area (TPSA) is 66.8 Å². The minimum Gasteiger partial charge on any atom is -0.504 e. The Morgan fingerprint density at radius 2 is 1.06 bits per heavy atom. The number of phenols is 1. The van der Waals surface area contributed by atoms with Crippen molar-refractivity contribution >= 4 is 29.4 Å². The van der Waals surface area contributed by atoms with Crippen LogP contribution in [0.25, 0.3) is 0 Å². The SMILES string of the molecule is CCCCCCCCCCc1c(O)c(OC(=O)O)c(Cl)c(Cl)c1CCCCCCCCCC. The number of hydrogen-bond donors (Lipinski definition) is 2. The normalized spacial score (nSPS) is 11.2. The fourth-order valence-electron chi connectivity index (χ4n) is 4.33. The molecule has 1 aromatic rings. The molecule has 0 saturated heterocycles. The van der Waals surface area contributed by atoms with Gasteiger partial charge in [0.1, 0.15) is 5.02 Å². The second-order valence-corrected chi connectivity index (χ2v) is 9.84. The van der Waals surface area contributed by atoms with Crippen LogP contribution in [0.3, 0.4) is 0 Å². The number of unbranched alkanes of at least 4 members (excludes halogenated alkanes) is 14. The quantitative estimate of drug-likeness (QED) is 0.112. The summed E-state index contributed by atoms with van der Waals surface area (Å²) in [5, 5.41) is 20.1. The van der Waals surface area contributed by atoms with Gasteiger partial charge < -0.3 is 14.9 Å². The summed E-state index contributed by atoms with van der Waals surface area (Å²) in [5.74, 6) is -0.423. The van der Waals surface area contributed by atoms with Crippen molar-refractivity contribution in [3.8, 4) is 11.5 Å². The lowest BCUT2D eigenvalue weighted by molar-refractivity contribution is 0.143. The molecule has 33 heavy (non-hydrogen) atoms. The molecule has 0 aromatic heterocycles. The van der Waals surface area contributed by atoms with E-state index in [1.165, 1.54) is 70.6 Å². The first kappa shape index (κ1) is 29.9. The second kappa shape index (κ2) is 18.2. The van der Waals surface area contributed by atoms with Gasteiger partial charge in [0.2, 0.25) is 0 Å². The van der Waals surface area contributed by atoms with Crippen LogP contribution in [0.2, 0.25) is 10.0 Å². The molecule has 0 aliphatic rings. The molecule has 4 nitrogen and oxygen atoms in total. The van der Waals surface area contributed by atoms with Gasteiger partial charge in [0.25, 0.3) is 0 Å². The summed E-state index contributed by atoms with van der Waals surface area (Å²) in [6.07, 6.45) is 19.0. The molecule has 0 atom stereocenters. The summed E-state index contributed by atoms with van der Waals surface area (Å²) in [6.45, 7) is 4.44. The zero-order chi connectivity index (χ0) is 24.5. The summed E-state index contributed by atoms with van der Waals surface area (Å²) in [6, 6.07) is 0. The first-order valence-electron chi connectivity index (χ1n) is 13.1. The Hall–Kier alpha value is -1.13. The predicted molar refractivity (Wildman–Crippen MR) is 139 cm³/mol. The third kappa shape index (κ3) is 11.7. The van der Waals surface area contributed by atoms with Crippen LogP contribution in [0.1, 0.15) is 128 Å². The van der Waals surface area contributed by atoms with E-state index in [0.717, 1.165) is 44.1 Å². The molecule has 0 bridgehead atoms. The van der Waals surface area contributed by atoms with Crippen molar-refractivity contribution in [1.82, 2.24) is 0 Å². The Labute approximate surface area is 211 Å². The molecular formula is C27H44Cl2O4. The zero-order valence-electron chi connectivity index (χ0n) is 20.7. The smallest absolute Gasteiger partial charge is 0.504 e. The first-order valence-corrected chi connectivity index (χ1v) is 13.8. The van der Waals surface area contributed by atoms with Crippen LogP contribution in [0, 0.1) is 0 Å². The molecule has 6 heteroatoms. The van der Waals surface area contributed by atoms with Crippen molar-refractivity contribution in [3.63, 3.8) is 0 Å². The molecule has 1 aromatic carbocycles. The minimum absolute atomic E-state index is 0.0224. The molecule has 0 aliphatic carbocycles. The number of phenolic OH excluding ortho intramolecular Hbond substituents is 1. The molecule has 0 spiro atoms. The molecule has 0 fully saturated rings. The maximum atomic E-state index is 11.1. The van der Waals surface area contributed by atoms with Crippen molar-refractivity contribution in [2.45, 2.75) is 129 Å². The fourth-order valence-corrected chi connectivity index (χ4v) is 4.87. The lowest BCUT2D eigenvalue weighted by atomic mass is 9.94. The average Bonchev–Trinajstić information content (AvgIpc) is 2.79. The average molecular weight is 504 g/mol. The third-order valence-electron chi connectivity index (χ3n) is 6.27. The van der Waals surface area contributed by atoms with Crippen molar-refractivity contribution in [2.75, 3.05) is 0 Å². The number of aromatic hydroxyl groups is 1. The van der Waals surface area contributed by atoms with Gasteiger partial charge in [-0.05, 0) is 31.2 Å². The summed E-state index contributed by atoms with van der Waals surface area (Å²) in [5.41, 5.74) is 1.53. The lowest BCUT2D eigenvalue weighted by Crippen LogP contribution is -2.07. The van der Waals surface area contributed by atoms with E-state index in [1.807, 2.05) is 0 Å². The van der Waals surface area contributed by atoms with Gasteiger partial charge in [-0.15, -0.1) is 0 Å². The van der Waals surface area contributed by atoms with Crippen LogP contribution in [-0.4, -0.2) is 16.4 Å². The van der Waals surface area contributed by atoms with Gasteiger partial charge in [0.05, 0.1) is 5.02 Å². The standard InChI is InChI=1S/C27H44Cl2O4/c1-3-5-7-9-11-13-15-17-19-21-22(20-18-16-14-12-10-8-6-4-2)25(30)26(33-27(31)32)24(29)23(21)28/h30H,3-20H2,1-2H3,(H,31,32). The minimum atomic E-state index is -1.52.